The van der Waals surface area contributed by atoms with Crippen molar-refractivity contribution >= 4 is 17.4 Å². The van der Waals surface area contributed by atoms with Gasteiger partial charge in [0.15, 0.2) is 6.54 Å². The Morgan fingerprint density at radius 1 is 1.21 bits per heavy atom. The van der Waals surface area contributed by atoms with E-state index in [4.69, 9.17) is 5.73 Å². The van der Waals surface area contributed by atoms with Crippen LogP contribution in [0.1, 0.15) is 31.2 Å². The molecule has 2 aliphatic rings. The number of nitrogens with one attached hydrogen (secondary N) is 1. The second kappa shape index (κ2) is 7.62. The van der Waals surface area contributed by atoms with Crippen molar-refractivity contribution in [1.82, 2.24) is 4.90 Å². The van der Waals surface area contributed by atoms with E-state index in [-0.39, 0.29) is 11.8 Å². The molecule has 1 saturated heterocycles. The van der Waals surface area contributed by atoms with Gasteiger partial charge in [-0.25, -0.2) is 0 Å². The molecule has 0 aliphatic carbocycles. The fraction of sp³-hybridized carbons (Fsp3) is 0.474. The fourth-order valence-electron chi connectivity index (χ4n) is 3.70. The van der Waals surface area contributed by atoms with Crippen LogP contribution in [0.3, 0.4) is 0 Å². The van der Waals surface area contributed by atoms with Crippen molar-refractivity contribution in [2.45, 2.75) is 31.7 Å². The van der Waals surface area contributed by atoms with E-state index in [1.165, 1.54) is 16.0 Å². The van der Waals surface area contributed by atoms with Gasteiger partial charge in [0.05, 0.1) is 13.1 Å². The molecule has 5 heteroatoms. The molecule has 2 atom stereocenters. The molecular formula is C19H26N3O2+. The van der Waals surface area contributed by atoms with E-state index in [1.54, 1.807) is 4.90 Å². The summed E-state index contributed by atoms with van der Waals surface area (Å²) in [6, 6.07) is 9.99. The second-order valence-corrected chi connectivity index (χ2v) is 6.73. The fourth-order valence-corrected chi connectivity index (χ4v) is 3.70. The molecule has 1 aromatic rings. The monoisotopic (exact) mass is 328 g/mol. The van der Waals surface area contributed by atoms with Crippen molar-refractivity contribution in [2.24, 2.45) is 5.73 Å². The Bertz CT molecular complexity index is 627. The molecule has 2 heterocycles. The first-order valence-electron chi connectivity index (χ1n) is 8.82. The van der Waals surface area contributed by atoms with Crippen molar-refractivity contribution in [2.75, 3.05) is 26.2 Å². The predicted octanol–water partition coefficient (Wildman–Crippen LogP) is 0.225. The lowest BCUT2D eigenvalue weighted by Crippen LogP contribution is -3.13. The van der Waals surface area contributed by atoms with Crippen molar-refractivity contribution in [3.05, 3.63) is 42.0 Å². The van der Waals surface area contributed by atoms with E-state index in [9.17, 15) is 9.59 Å². The summed E-state index contributed by atoms with van der Waals surface area (Å²) in [5.41, 5.74) is 8.09. The number of likely N-dealkylation sites (tertiary alicyclic amines) is 1. The maximum atomic E-state index is 12.6. The van der Waals surface area contributed by atoms with Gasteiger partial charge in [-0.2, -0.15) is 0 Å². The lowest BCUT2D eigenvalue weighted by atomic mass is 9.99. The van der Waals surface area contributed by atoms with Crippen molar-refractivity contribution in [1.29, 1.82) is 0 Å². The van der Waals surface area contributed by atoms with Crippen LogP contribution in [0.2, 0.25) is 0 Å². The second-order valence-electron chi connectivity index (χ2n) is 6.73. The first kappa shape index (κ1) is 16.7. The molecule has 3 rings (SSSR count). The van der Waals surface area contributed by atoms with Gasteiger partial charge >= 0.3 is 0 Å². The Morgan fingerprint density at radius 2 is 2.00 bits per heavy atom. The zero-order valence-corrected chi connectivity index (χ0v) is 14.0. The zero-order valence-electron chi connectivity index (χ0n) is 14.0. The number of hydrogen-bond acceptors (Lipinski definition) is 2. The lowest BCUT2D eigenvalue weighted by Gasteiger charge is -2.34. The van der Waals surface area contributed by atoms with Crippen LogP contribution in [0.5, 0.6) is 0 Å². The lowest BCUT2D eigenvalue weighted by molar-refractivity contribution is -0.887. The van der Waals surface area contributed by atoms with Crippen LogP contribution < -0.4 is 10.6 Å². The van der Waals surface area contributed by atoms with Gasteiger partial charge in [0.25, 0.3) is 5.91 Å². The normalized spacial score (nSPS) is 24.3. The standard InChI is InChI=1S/C19H25N3O2/c20-19(24)17-8-4-5-11-22(17)18(23)14-21-12-9-16(10-13-21)15-6-2-1-3-7-15/h1-3,6-7,9,17H,4-5,8,10-14H2,(H2,20,24)/p+1/t17-/m1/s1. The number of hydrogen-bond donors (Lipinski definition) is 2. The minimum absolute atomic E-state index is 0.0602. The molecule has 0 saturated carbocycles. The Balaban J connectivity index is 1.58. The number of primary amides is 1. The summed E-state index contributed by atoms with van der Waals surface area (Å²) >= 11 is 0. The van der Waals surface area contributed by atoms with Gasteiger partial charge in [0.1, 0.15) is 6.04 Å². The largest absolute Gasteiger partial charge is 0.368 e. The van der Waals surface area contributed by atoms with Gasteiger partial charge in [0.2, 0.25) is 5.91 Å². The van der Waals surface area contributed by atoms with Gasteiger partial charge < -0.3 is 15.5 Å². The number of nitrogens with zero attached hydrogens (tertiary/aromatic N) is 1. The third-order valence-corrected chi connectivity index (χ3v) is 5.08. The summed E-state index contributed by atoms with van der Waals surface area (Å²) in [5.74, 6) is -0.312. The van der Waals surface area contributed by atoms with Gasteiger partial charge in [0, 0.05) is 13.0 Å². The van der Waals surface area contributed by atoms with Gasteiger partial charge in [-0.1, -0.05) is 30.3 Å². The number of piperidine rings is 1. The van der Waals surface area contributed by atoms with Gasteiger partial charge in [-0.15, -0.1) is 0 Å². The molecule has 24 heavy (non-hydrogen) atoms. The number of benzene rings is 1. The number of carbonyl (C=O) groups excluding carboxylic acids is 2. The summed E-state index contributed by atoms with van der Waals surface area (Å²) in [4.78, 5) is 27.1. The molecule has 1 fully saturated rings. The topological polar surface area (TPSA) is 67.8 Å². The molecule has 1 unspecified atom stereocenters. The molecule has 0 spiro atoms. The maximum absolute atomic E-state index is 12.6. The number of amides is 2. The predicted molar refractivity (Wildman–Crippen MR) is 93.1 cm³/mol. The van der Waals surface area contributed by atoms with Crippen LogP contribution in [0.4, 0.5) is 0 Å². The molecule has 2 amide bonds. The summed E-state index contributed by atoms with van der Waals surface area (Å²) < 4.78 is 0. The summed E-state index contributed by atoms with van der Waals surface area (Å²) in [6.45, 7) is 2.90. The quantitative estimate of drug-likeness (QED) is 0.831. The average Bonchev–Trinajstić information content (AvgIpc) is 2.63. The maximum Gasteiger partial charge on any atom is 0.278 e. The molecule has 5 nitrogen and oxygen atoms in total. The SMILES string of the molecule is NC(=O)[C@H]1CCCCN1C(=O)C[NH+]1CC=C(c2ccccc2)CC1. The summed E-state index contributed by atoms with van der Waals surface area (Å²) in [7, 11) is 0. The van der Waals surface area contributed by atoms with Crippen LogP contribution >= 0.6 is 0 Å². The van der Waals surface area contributed by atoms with Crippen LogP contribution in [-0.4, -0.2) is 48.9 Å². The summed E-state index contributed by atoms with van der Waals surface area (Å²) in [6.07, 6.45) is 5.85. The van der Waals surface area contributed by atoms with Gasteiger partial charge in [-0.05, 0) is 36.5 Å². The number of nitrogens with two attached hydrogens (primary N) is 1. The highest BCUT2D eigenvalue weighted by Gasteiger charge is 2.32. The third-order valence-electron chi connectivity index (χ3n) is 5.08. The first-order chi connectivity index (χ1) is 11.6. The van der Waals surface area contributed by atoms with E-state index in [2.05, 4.69) is 30.3 Å². The molecular weight excluding hydrogens is 302 g/mol. The Kier molecular flexibility index (Phi) is 5.30. The average molecular weight is 328 g/mol. The molecule has 1 aromatic carbocycles. The van der Waals surface area contributed by atoms with E-state index in [1.807, 2.05) is 6.07 Å². The van der Waals surface area contributed by atoms with Crippen LogP contribution in [0, 0.1) is 0 Å². The Labute approximate surface area is 143 Å². The molecule has 128 valence electrons. The molecule has 0 radical (unpaired) electrons. The van der Waals surface area contributed by atoms with E-state index < -0.39 is 6.04 Å². The van der Waals surface area contributed by atoms with Crippen LogP contribution in [-0.2, 0) is 9.59 Å². The Hall–Kier alpha value is -2.14. The third kappa shape index (κ3) is 3.85. The van der Waals surface area contributed by atoms with Crippen LogP contribution in [0.15, 0.2) is 36.4 Å². The number of rotatable bonds is 4. The highest BCUT2D eigenvalue weighted by atomic mass is 16.2. The van der Waals surface area contributed by atoms with Crippen molar-refractivity contribution in [3.8, 4) is 0 Å². The first-order valence-corrected chi connectivity index (χ1v) is 8.82. The molecule has 0 aromatic heterocycles. The minimum Gasteiger partial charge on any atom is -0.368 e. The molecule has 3 N–H and O–H groups in total. The molecule has 2 aliphatic heterocycles. The van der Waals surface area contributed by atoms with E-state index in [0.29, 0.717) is 19.5 Å². The zero-order chi connectivity index (χ0) is 16.9. The smallest absolute Gasteiger partial charge is 0.278 e. The van der Waals surface area contributed by atoms with Crippen molar-refractivity contribution < 1.29 is 14.5 Å². The minimum atomic E-state index is -0.411. The number of quaternary nitrogens is 1. The van der Waals surface area contributed by atoms with Crippen molar-refractivity contribution in [3.63, 3.8) is 0 Å². The van der Waals surface area contributed by atoms with E-state index >= 15 is 0 Å². The van der Waals surface area contributed by atoms with Gasteiger partial charge in [-0.3, -0.25) is 9.59 Å². The Morgan fingerprint density at radius 3 is 2.67 bits per heavy atom. The van der Waals surface area contributed by atoms with E-state index in [0.717, 1.165) is 32.4 Å². The number of carbonyl (C=O) groups is 2. The summed E-state index contributed by atoms with van der Waals surface area (Å²) in [5, 5.41) is 0. The van der Waals surface area contributed by atoms with Crippen LogP contribution in [0.25, 0.3) is 5.57 Å². The molecule has 0 bridgehead atoms. The highest BCUT2D eigenvalue weighted by molar-refractivity contribution is 5.87. The highest BCUT2D eigenvalue weighted by Crippen LogP contribution is 2.18.